The van der Waals surface area contributed by atoms with Gasteiger partial charge in [0.1, 0.15) is 0 Å². The van der Waals surface area contributed by atoms with Crippen LogP contribution in [0.1, 0.15) is 70.0 Å². The van der Waals surface area contributed by atoms with Crippen LogP contribution < -0.4 is 5.32 Å². The van der Waals surface area contributed by atoms with Gasteiger partial charge in [-0.15, -0.1) is 0 Å². The maximum atomic E-state index is 3.85. The molecule has 1 heteroatoms. The van der Waals surface area contributed by atoms with Crippen molar-refractivity contribution in [2.75, 3.05) is 0 Å². The molecule has 0 aromatic heterocycles. The maximum absolute atomic E-state index is 3.85. The second-order valence-corrected chi connectivity index (χ2v) is 7.04. The lowest BCUT2D eigenvalue weighted by Crippen LogP contribution is -2.31. The molecule has 0 saturated heterocycles. The van der Waals surface area contributed by atoms with E-state index in [-0.39, 0.29) is 0 Å². The minimum Gasteiger partial charge on any atom is -0.307 e. The lowest BCUT2D eigenvalue weighted by molar-refractivity contribution is 0.307. The summed E-state index contributed by atoms with van der Waals surface area (Å²) in [4.78, 5) is 0. The van der Waals surface area contributed by atoms with Crippen molar-refractivity contribution in [2.45, 2.75) is 71.9 Å². The fraction of sp³-hybridized carbons (Fsp3) is 0.667. The molecule has 1 aliphatic carbocycles. The summed E-state index contributed by atoms with van der Waals surface area (Å²) in [7, 11) is 0. The predicted octanol–water partition coefficient (Wildman–Crippen LogP) is 5.00. The molecule has 1 fully saturated rings. The first-order chi connectivity index (χ1) is 8.98. The van der Waals surface area contributed by atoms with E-state index in [0.717, 1.165) is 0 Å². The van der Waals surface area contributed by atoms with Crippen LogP contribution in [0.3, 0.4) is 0 Å². The van der Waals surface area contributed by atoms with Crippen LogP contribution in [0.5, 0.6) is 0 Å². The second-order valence-electron chi connectivity index (χ2n) is 7.04. The first kappa shape index (κ1) is 14.6. The van der Waals surface area contributed by atoms with Gasteiger partial charge >= 0.3 is 0 Å². The maximum Gasteiger partial charge on any atom is 0.0296 e. The molecule has 2 rings (SSSR count). The van der Waals surface area contributed by atoms with Crippen molar-refractivity contribution in [3.05, 3.63) is 35.4 Å². The molecule has 1 saturated carbocycles. The summed E-state index contributed by atoms with van der Waals surface area (Å²) in [6, 6.07) is 9.90. The first-order valence-electron chi connectivity index (χ1n) is 7.79. The summed E-state index contributed by atoms with van der Waals surface area (Å²) in [6.45, 7) is 9.35. The van der Waals surface area contributed by atoms with E-state index in [4.69, 9.17) is 0 Å². The highest BCUT2D eigenvalue weighted by Crippen LogP contribution is 2.34. The van der Waals surface area contributed by atoms with E-state index in [0.29, 0.717) is 17.5 Å². The molecule has 2 atom stereocenters. The van der Waals surface area contributed by atoms with Crippen molar-refractivity contribution in [3.63, 3.8) is 0 Å². The number of rotatable bonds is 3. The molecular formula is C18H29N. The fourth-order valence-electron chi connectivity index (χ4n) is 3.34. The summed E-state index contributed by atoms with van der Waals surface area (Å²) >= 11 is 0. The zero-order valence-corrected chi connectivity index (χ0v) is 13.0. The van der Waals surface area contributed by atoms with E-state index in [1.54, 1.807) is 0 Å². The summed E-state index contributed by atoms with van der Waals surface area (Å²) in [5.41, 5.74) is 3.39. The van der Waals surface area contributed by atoms with Gasteiger partial charge in [0.15, 0.2) is 0 Å². The average Bonchev–Trinajstić information content (AvgIpc) is 2.51. The number of aryl methyl sites for hydroxylation is 1. The Hall–Kier alpha value is -0.820. The van der Waals surface area contributed by atoms with Crippen molar-refractivity contribution in [1.82, 2.24) is 5.32 Å². The Labute approximate surface area is 118 Å². The van der Waals surface area contributed by atoms with Crippen LogP contribution >= 0.6 is 0 Å². The summed E-state index contributed by atoms with van der Waals surface area (Å²) in [6.07, 6.45) is 6.75. The molecule has 0 heterocycles. The summed E-state index contributed by atoms with van der Waals surface area (Å²) in [5.74, 6) is 0. The quantitative estimate of drug-likeness (QED) is 0.753. The smallest absolute Gasteiger partial charge is 0.0296 e. The number of nitrogens with one attached hydrogen (secondary N) is 1. The topological polar surface area (TPSA) is 12.0 Å². The molecule has 1 aromatic carbocycles. The van der Waals surface area contributed by atoms with Gasteiger partial charge in [0.05, 0.1) is 0 Å². The van der Waals surface area contributed by atoms with Gasteiger partial charge in [-0.2, -0.15) is 0 Å². The summed E-state index contributed by atoms with van der Waals surface area (Å²) < 4.78 is 0. The molecular weight excluding hydrogens is 230 g/mol. The van der Waals surface area contributed by atoms with E-state index in [1.165, 1.54) is 43.2 Å². The molecule has 0 amide bonds. The Kier molecular flexibility index (Phi) is 4.67. The molecule has 0 aliphatic heterocycles. The molecule has 106 valence electrons. The highest BCUT2D eigenvalue weighted by Gasteiger charge is 2.25. The van der Waals surface area contributed by atoms with E-state index in [9.17, 15) is 0 Å². The van der Waals surface area contributed by atoms with Crippen LogP contribution in [0.25, 0.3) is 0 Å². The SMILES string of the molecule is Cc1ccccc1C(C)NC1CCCC(C)(C)CC1. The van der Waals surface area contributed by atoms with Crippen LogP contribution in [0.2, 0.25) is 0 Å². The highest BCUT2D eigenvalue weighted by atomic mass is 14.9. The molecule has 0 radical (unpaired) electrons. The van der Waals surface area contributed by atoms with Gasteiger partial charge in [-0.25, -0.2) is 0 Å². The monoisotopic (exact) mass is 259 g/mol. The third kappa shape index (κ3) is 4.07. The van der Waals surface area contributed by atoms with Gasteiger partial charge in [-0.1, -0.05) is 44.5 Å². The zero-order valence-electron chi connectivity index (χ0n) is 13.0. The third-order valence-electron chi connectivity index (χ3n) is 4.72. The Morgan fingerprint density at radius 1 is 1.16 bits per heavy atom. The number of hydrogen-bond donors (Lipinski definition) is 1. The summed E-state index contributed by atoms with van der Waals surface area (Å²) in [5, 5.41) is 3.85. The van der Waals surface area contributed by atoms with Crippen molar-refractivity contribution in [3.8, 4) is 0 Å². The van der Waals surface area contributed by atoms with E-state index >= 15 is 0 Å². The van der Waals surface area contributed by atoms with Crippen LogP contribution in [0, 0.1) is 12.3 Å². The minimum atomic E-state index is 0.465. The normalized spacial score (nSPS) is 24.7. The highest BCUT2D eigenvalue weighted by molar-refractivity contribution is 5.28. The lowest BCUT2D eigenvalue weighted by atomic mass is 9.85. The number of benzene rings is 1. The fourth-order valence-corrected chi connectivity index (χ4v) is 3.34. The Morgan fingerprint density at radius 2 is 1.89 bits per heavy atom. The standard InChI is InChI=1S/C18H29N/c1-14-8-5-6-10-17(14)15(2)19-16-9-7-12-18(3,4)13-11-16/h5-6,8,10,15-16,19H,7,9,11-13H2,1-4H3. The molecule has 1 aromatic rings. The Balaban J connectivity index is 1.96. The van der Waals surface area contributed by atoms with Gasteiger partial charge in [0.2, 0.25) is 0 Å². The second kappa shape index (κ2) is 6.09. The molecule has 1 nitrogen and oxygen atoms in total. The van der Waals surface area contributed by atoms with Crippen LogP contribution in [-0.4, -0.2) is 6.04 Å². The van der Waals surface area contributed by atoms with E-state index in [2.05, 4.69) is 57.3 Å². The number of hydrogen-bond acceptors (Lipinski definition) is 1. The van der Waals surface area contributed by atoms with Gasteiger partial charge in [-0.3, -0.25) is 0 Å². The van der Waals surface area contributed by atoms with Gasteiger partial charge < -0.3 is 5.32 Å². The predicted molar refractivity (Wildman–Crippen MR) is 83.4 cm³/mol. The van der Waals surface area contributed by atoms with Crippen molar-refractivity contribution < 1.29 is 0 Å². The van der Waals surface area contributed by atoms with E-state index < -0.39 is 0 Å². The van der Waals surface area contributed by atoms with Crippen molar-refractivity contribution in [2.24, 2.45) is 5.41 Å². The van der Waals surface area contributed by atoms with Crippen LogP contribution in [0.15, 0.2) is 24.3 Å². The Morgan fingerprint density at radius 3 is 2.63 bits per heavy atom. The Bertz CT molecular complexity index is 408. The lowest BCUT2D eigenvalue weighted by Gasteiger charge is -2.25. The van der Waals surface area contributed by atoms with Gasteiger partial charge in [0, 0.05) is 12.1 Å². The molecule has 19 heavy (non-hydrogen) atoms. The van der Waals surface area contributed by atoms with Crippen LogP contribution in [0.4, 0.5) is 0 Å². The molecule has 0 spiro atoms. The molecule has 1 N–H and O–H groups in total. The van der Waals surface area contributed by atoms with Gasteiger partial charge in [0.25, 0.3) is 0 Å². The molecule has 0 bridgehead atoms. The van der Waals surface area contributed by atoms with Crippen molar-refractivity contribution >= 4 is 0 Å². The zero-order chi connectivity index (χ0) is 13.9. The van der Waals surface area contributed by atoms with Crippen molar-refractivity contribution in [1.29, 1.82) is 0 Å². The van der Waals surface area contributed by atoms with Crippen LogP contribution in [-0.2, 0) is 0 Å². The minimum absolute atomic E-state index is 0.465. The van der Waals surface area contributed by atoms with E-state index in [1.807, 2.05) is 0 Å². The largest absolute Gasteiger partial charge is 0.307 e. The third-order valence-corrected chi connectivity index (χ3v) is 4.72. The van der Waals surface area contributed by atoms with Gasteiger partial charge in [-0.05, 0) is 56.1 Å². The average molecular weight is 259 g/mol. The molecule has 2 unspecified atom stereocenters. The molecule has 1 aliphatic rings. The first-order valence-corrected chi connectivity index (χ1v) is 7.79.